The molecule has 0 amide bonds. The molecule has 1 aliphatic heterocycles. The number of hydrogen-bond donors (Lipinski definition) is 1. The second-order valence-corrected chi connectivity index (χ2v) is 7.11. The summed E-state index contributed by atoms with van der Waals surface area (Å²) in [6.45, 7) is 4.58. The Kier molecular flexibility index (Phi) is 4.67. The van der Waals surface area contributed by atoms with Crippen LogP contribution in [-0.4, -0.2) is 6.61 Å². The van der Waals surface area contributed by atoms with Crippen molar-refractivity contribution in [2.75, 3.05) is 6.61 Å². The van der Waals surface area contributed by atoms with E-state index in [9.17, 15) is 0 Å². The van der Waals surface area contributed by atoms with Crippen LogP contribution in [0.4, 0.5) is 0 Å². The van der Waals surface area contributed by atoms with E-state index >= 15 is 0 Å². The van der Waals surface area contributed by atoms with Gasteiger partial charge in [0.1, 0.15) is 5.75 Å². The van der Waals surface area contributed by atoms with Gasteiger partial charge >= 0.3 is 0 Å². The summed E-state index contributed by atoms with van der Waals surface area (Å²) in [5.41, 5.74) is 5.09. The average Bonchev–Trinajstić information content (AvgIpc) is 2.91. The summed E-state index contributed by atoms with van der Waals surface area (Å²) in [6.07, 6.45) is 1.01. The summed E-state index contributed by atoms with van der Waals surface area (Å²) in [7, 11) is 0. The topological polar surface area (TPSA) is 21.3 Å². The van der Waals surface area contributed by atoms with Crippen molar-refractivity contribution in [3.8, 4) is 5.75 Å². The first kappa shape index (κ1) is 15.1. The molecule has 0 saturated carbocycles. The highest BCUT2D eigenvalue weighted by Gasteiger charge is 2.17. The fourth-order valence-corrected chi connectivity index (χ4v) is 3.43. The lowest BCUT2D eigenvalue weighted by molar-refractivity contribution is 0.352. The lowest BCUT2D eigenvalue weighted by Gasteiger charge is -2.11. The smallest absolute Gasteiger partial charge is 0.127 e. The van der Waals surface area contributed by atoms with E-state index in [-0.39, 0.29) is 0 Å². The van der Waals surface area contributed by atoms with Gasteiger partial charge in [0.05, 0.1) is 6.61 Å². The second kappa shape index (κ2) is 6.51. The molecule has 2 aromatic rings. The van der Waals surface area contributed by atoms with E-state index in [0.29, 0.717) is 0 Å². The fraction of sp³-hybridized carbons (Fsp3) is 0.294. The van der Waals surface area contributed by atoms with Gasteiger partial charge in [0.25, 0.3) is 0 Å². The highest BCUT2D eigenvalue weighted by Crippen LogP contribution is 2.32. The second-order valence-electron chi connectivity index (χ2n) is 5.34. The third kappa shape index (κ3) is 3.50. The molecule has 0 saturated heterocycles. The predicted molar refractivity (Wildman–Crippen MR) is 92.8 cm³/mol. The lowest BCUT2D eigenvalue weighted by atomic mass is 10.1. The van der Waals surface area contributed by atoms with E-state index in [2.05, 4.69) is 74.4 Å². The third-order valence-electron chi connectivity index (χ3n) is 3.69. The normalized spacial score (nSPS) is 13.1. The molecule has 0 aromatic heterocycles. The van der Waals surface area contributed by atoms with E-state index in [1.165, 1.54) is 22.3 Å². The zero-order chi connectivity index (χ0) is 14.8. The molecule has 0 atom stereocenters. The molecule has 110 valence electrons. The molecule has 0 fully saturated rings. The fourth-order valence-electron chi connectivity index (χ4n) is 2.64. The van der Waals surface area contributed by atoms with Crippen molar-refractivity contribution in [3.05, 3.63) is 61.5 Å². The van der Waals surface area contributed by atoms with Crippen molar-refractivity contribution in [2.45, 2.75) is 26.4 Å². The van der Waals surface area contributed by atoms with Gasteiger partial charge in [-0.1, -0.05) is 44.0 Å². The van der Waals surface area contributed by atoms with Gasteiger partial charge < -0.3 is 10.1 Å². The van der Waals surface area contributed by atoms with E-state index in [0.717, 1.165) is 40.8 Å². The Balaban J connectivity index is 1.67. The molecule has 21 heavy (non-hydrogen) atoms. The minimum atomic E-state index is 0.796. The Hall–Kier alpha value is -0.840. The number of nitrogens with one attached hydrogen (secondary N) is 1. The van der Waals surface area contributed by atoms with Gasteiger partial charge in [-0.25, -0.2) is 0 Å². The Morgan fingerprint density at radius 1 is 1.14 bits per heavy atom. The molecule has 2 nitrogen and oxygen atoms in total. The van der Waals surface area contributed by atoms with Crippen LogP contribution in [-0.2, 0) is 19.5 Å². The first-order valence-electron chi connectivity index (χ1n) is 7.03. The summed E-state index contributed by atoms with van der Waals surface area (Å²) in [6, 6.07) is 10.8. The molecule has 4 heteroatoms. The van der Waals surface area contributed by atoms with E-state index in [1.807, 2.05) is 0 Å². The van der Waals surface area contributed by atoms with Crippen LogP contribution < -0.4 is 10.1 Å². The number of aryl methyl sites for hydroxylation is 1. The zero-order valence-electron chi connectivity index (χ0n) is 11.9. The van der Waals surface area contributed by atoms with Crippen molar-refractivity contribution in [2.24, 2.45) is 0 Å². The van der Waals surface area contributed by atoms with Gasteiger partial charge in [-0.2, -0.15) is 0 Å². The number of ether oxygens (including phenoxy) is 1. The van der Waals surface area contributed by atoms with Crippen LogP contribution in [0.1, 0.15) is 22.3 Å². The van der Waals surface area contributed by atoms with Crippen LogP contribution in [0.3, 0.4) is 0 Å². The van der Waals surface area contributed by atoms with Crippen LogP contribution in [0, 0.1) is 6.92 Å². The largest absolute Gasteiger partial charge is 0.493 e. The first-order chi connectivity index (χ1) is 10.1. The Morgan fingerprint density at radius 2 is 2.00 bits per heavy atom. The van der Waals surface area contributed by atoms with Gasteiger partial charge in [-0.05, 0) is 41.8 Å². The summed E-state index contributed by atoms with van der Waals surface area (Å²) in [5, 5.41) is 3.51. The first-order valence-corrected chi connectivity index (χ1v) is 8.62. The molecule has 0 bridgehead atoms. The van der Waals surface area contributed by atoms with Crippen molar-refractivity contribution >= 4 is 31.9 Å². The van der Waals surface area contributed by atoms with Crippen LogP contribution >= 0.6 is 31.9 Å². The summed E-state index contributed by atoms with van der Waals surface area (Å²) >= 11 is 7.12. The molecule has 2 aromatic carbocycles. The monoisotopic (exact) mass is 409 g/mol. The minimum Gasteiger partial charge on any atom is -0.493 e. The summed E-state index contributed by atoms with van der Waals surface area (Å²) in [4.78, 5) is 0. The molecule has 1 N–H and O–H groups in total. The predicted octanol–water partition coefficient (Wildman–Crippen LogP) is 4.74. The number of rotatable bonds is 4. The molecule has 1 aliphatic rings. The Morgan fingerprint density at radius 3 is 2.81 bits per heavy atom. The maximum Gasteiger partial charge on any atom is 0.127 e. The van der Waals surface area contributed by atoms with Gasteiger partial charge in [0, 0.05) is 34.0 Å². The maximum atomic E-state index is 5.76. The van der Waals surface area contributed by atoms with E-state index < -0.39 is 0 Å². The Labute approximate surface area is 142 Å². The zero-order valence-corrected chi connectivity index (χ0v) is 15.1. The van der Waals surface area contributed by atoms with Crippen molar-refractivity contribution in [1.82, 2.24) is 5.32 Å². The van der Waals surface area contributed by atoms with E-state index in [1.54, 1.807) is 0 Å². The maximum absolute atomic E-state index is 5.76. The van der Waals surface area contributed by atoms with Crippen molar-refractivity contribution in [1.29, 1.82) is 0 Å². The molecule has 0 aliphatic carbocycles. The molecule has 0 spiro atoms. The minimum absolute atomic E-state index is 0.796. The van der Waals surface area contributed by atoms with Crippen molar-refractivity contribution < 1.29 is 4.74 Å². The van der Waals surface area contributed by atoms with Crippen LogP contribution in [0.15, 0.2) is 39.3 Å². The molecular formula is C17H17Br2NO. The highest BCUT2D eigenvalue weighted by molar-refractivity contribution is 9.10. The number of fused-ring (bicyclic) bond motifs is 1. The number of hydrogen-bond acceptors (Lipinski definition) is 2. The molecule has 0 unspecified atom stereocenters. The number of benzene rings is 2. The molecule has 1 heterocycles. The molecule has 0 radical (unpaired) electrons. The van der Waals surface area contributed by atoms with Gasteiger partial charge in [0.15, 0.2) is 0 Å². The van der Waals surface area contributed by atoms with Crippen molar-refractivity contribution in [3.63, 3.8) is 0 Å². The van der Waals surface area contributed by atoms with Gasteiger partial charge in [-0.15, -0.1) is 0 Å². The van der Waals surface area contributed by atoms with Gasteiger partial charge in [-0.3, -0.25) is 0 Å². The Bertz CT molecular complexity index is 670. The van der Waals surface area contributed by atoms with E-state index in [4.69, 9.17) is 4.74 Å². The van der Waals surface area contributed by atoms with Crippen LogP contribution in [0.25, 0.3) is 0 Å². The lowest BCUT2D eigenvalue weighted by Crippen LogP contribution is -2.13. The number of halogens is 2. The molecule has 3 rings (SSSR count). The van der Waals surface area contributed by atoms with Gasteiger partial charge in [0.2, 0.25) is 0 Å². The third-order valence-corrected chi connectivity index (χ3v) is 5.04. The quantitative estimate of drug-likeness (QED) is 0.785. The summed E-state index contributed by atoms with van der Waals surface area (Å²) < 4.78 is 8.04. The standard InChI is InChI=1S/C17H17Br2NO/c1-11-6-12(2-3-16(11)19)9-20-10-14-8-15(18)7-13-4-5-21-17(13)14/h2-3,6-8,20H,4-5,9-10H2,1H3. The summed E-state index contributed by atoms with van der Waals surface area (Å²) in [5.74, 6) is 1.07. The highest BCUT2D eigenvalue weighted by atomic mass is 79.9. The van der Waals surface area contributed by atoms with Crippen LogP contribution in [0.2, 0.25) is 0 Å². The SMILES string of the molecule is Cc1cc(CNCc2cc(Br)cc3c2OCC3)ccc1Br. The average molecular weight is 411 g/mol. The molecular weight excluding hydrogens is 394 g/mol. The van der Waals surface area contributed by atoms with Crippen LogP contribution in [0.5, 0.6) is 5.75 Å².